The number of methoxy groups -OCH3 is 1. The predicted molar refractivity (Wildman–Crippen MR) is 118 cm³/mol. The molecule has 1 aliphatic rings. The minimum absolute atomic E-state index is 0.00600. The number of rotatable bonds is 6. The lowest BCUT2D eigenvalue weighted by molar-refractivity contribution is -0.113. The van der Waals surface area contributed by atoms with Gasteiger partial charge in [0.15, 0.2) is 16.6 Å². The van der Waals surface area contributed by atoms with Crippen molar-refractivity contribution in [3.63, 3.8) is 0 Å². The van der Waals surface area contributed by atoms with Gasteiger partial charge < -0.3 is 25.4 Å². The second-order valence-corrected chi connectivity index (χ2v) is 7.52. The monoisotopic (exact) mass is 429 g/mol. The van der Waals surface area contributed by atoms with Crippen LogP contribution in [0.5, 0.6) is 11.5 Å². The minimum atomic E-state index is -0.499. The second kappa shape index (κ2) is 9.13. The molecule has 1 aliphatic heterocycles. The average molecular weight is 430 g/mol. The maximum atomic E-state index is 13.2. The third-order valence-corrected chi connectivity index (χ3v) is 4.72. The van der Waals surface area contributed by atoms with Crippen LogP contribution in [0.1, 0.15) is 32.4 Å². The molecule has 0 aromatic heterocycles. The van der Waals surface area contributed by atoms with E-state index in [1.165, 1.54) is 24.3 Å². The highest BCUT2D eigenvalue weighted by Crippen LogP contribution is 2.35. The Hall–Kier alpha value is -3.13. The average Bonchev–Trinajstić information content (AvgIpc) is 2.69. The highest BCUT2D eigenvalue weighted by Gasteiger charge is 2.30. The smallest absolute Gasteiger partial charge is 0.255 e. The van der Waals surface area contributed by atoms with E-state index in [4.69, 9.17) is 21.7 Å². The third kappa shape index (κ3) is 4.88. The first kappa shape index (κ1) is 21.6. The van der Waals surface area contributed by atoms with Crippen LogP contribution >= 0.6 is 12.2 Å². The standard InChI is InChI=1S/C22H24FN3O3S/c1-12(2)29-17-10-5-14(11-18(17)28-4)20-19(13(3)24-22(30)26-20)21(27)25-16-8-6-15(23)7-9-16/h5-12,20H,1-4H3,(H,25,27)(H2,24,26,30). The zero-order valence-electron chi connectivity index (χ0n) is 17.2. The van der Waals surface area contributed by atoms with Crippen LogP contribution in [-0.4, -0.2) is 24.2 Å². The maximum Gasteiger partial charge on any atom is 0.255 e. The summed E-state index contributed by atoms with van der Waals surface area (Å²) in [4.78, 5) is 13.1. The van der Waals surface area contributed by atoms with E-state index in [0.717, 1.165) is 5.56 Å². The van der Waals surface area contributed by atoms with E-state index < -0.39 is 6.04 Å². The number of halogens is 1. The van der Waals surface area contributed by atoms with Crippen molar-refractivity contribution in [2.45, 2.75) is 32.9 Å². The lowest BCUT2D eigenvalue weighted by Gasteiger charge is -2.30. The summed E-state index contributed by atoms with van der Waals surface area (Å²) in [5.74, 6) is 0.477. The minimum Gasteiger partial charge on any atom is -0.493 e. The van der Waals surface area contributed by atoms with E-state index in [2.05, 4.69) is 16.0 Å². The van der Waals surface area contributed by atoms with Crippen molar-refractivity contribution in [1.29, 1.82) is 0 Å². The molecule has 0 radical (unpaired) electrons. The zero-order valence-corrected chi connectivity index (χ0v) is 18.0. The van der Waals surface area contributed by atoms with Gasteiger partial charge in [-0.05, 0) is 75.0 Å². The molecule has 1 unspecified atom stereocenters. The molecule has 0 aliphatic carbocycles. The van der Waals surface area contributed by atoms with Crippen LogP contribution in [0, 0.1) is 5.82 Å². The van der Waals surface area contributed by atoms with Crippen LogP contribution in [-0.2, 0) is 4.79 Å². The summed E-state index contributed by atoms with van der Waals surface area (Å²) >= 11 is 5.30. The Kier molecular flexibility index (Phi) is 6.56. The number of carbonyl (C=O) groups excluding carboxylic acids is 1. The Morgan fingerprint density at radius 3 is 2.50 bits per heavy atom. The van der Waals surface area contributed by atoms with Crippen LogP contribution in [0.15, 0.2) is 53.7 Å². The summed E-state index contributed by atoms with van der Waals surface area (Å²) in [6, 6.07) is 10.6. The van der Waals surface area contributed by atoms with Crippen molar-refractivity contribution in [2.75, 3.05) is 12.4 Å². The van der Waals surface area contributed by atoms with Gasteiger partial charge in [0.2, 0.25) is 0 Å². The highest BCUT2D eigenvalue weighted by atomic mass is 32.1. The van der Waals surface area contributed by atoms with Gasteiger partial charge in [0, 0.05) is 11.4 Å². The van der Waals surface area contributed by atoms with Gasteiger partial charge in [-0.25, -0.2) is 4.39 Å². The van der Waals surface area contributed by atoms with Gasteiger partial charge in [-0.2, -0.15) is 0 Å². The second-order valence-electron chi connectivity index (χ2n) is 7.11. The van der Waals surface area contributed by atoms with Gasteiger partial charge >= 0.3 is 0 Å². The van der Waals surface area contributed by atoms with Crippen LogP contribution in [0.3, 0.4) is 0 Å². The molecule has 0 bridgehead atoms. The number of thiocarbonyl (C=S) groups is 1. The van der Waals surface area contributed by atoms with Crippen molar-refractivity contribution in [3.8, 4) is 11.5 Å². The first-order valence-electron chi connectivity index (χ1n) is 9.48. The molecule has 0 saturated heterocycles. The zero-order chi connectivity index (χ0) is 21.8. The topological polar surface area (TPSA) is 71.6 Å². The van der Waals surface area contributed by atoms with Gasteiger partial charge in [-0.15, -0.1) is 0 Å². The number of hydrogen-bond acceptors (Lipinski definition) is 4. The molecule has 158 valence electrons. The van der Waals surface area contributed by atoms with Gasteiger partial charge in [-0.3, -0.25) is 4.79 Å². The van der Waals surface area contributed by atoms with Crippen molar-refractivity contribution in [3.05, 3.63) is 65.1 Å². The largest absolute Gasteiger partial charge is 0.493 e. The summed E-state index contributed by atoms with van der Waals surface area (Å²) in [6.45, 7) is 5.65. The van der Waals surface area contributed by atoms with Crippen molar-refractivity contribution < 1.29 is 18.7 Å². The van der Waals surface area contributed by atoms with Crippen LogP contribution in [0.2, 0.25) is 0 Å². The summed E-state index contributed by atoms with van der Waals surface area (Å²) in [5.41, 5.74) is 2.37. The number of benzene rings is 2. The first-order valence-corrected chi connectivity index (χ1v) is 9.89. The normalized spacial score (nSPS) is 16.1. The Morgan fingerprint density at radius 2 is 1.87 bits per heavy atom. The quantitative estimate of drug-likeness (QED) is 0.602. The maximum absolute atomic E-state index is 13.2. The van der Waals surface area contributed by atoms with Crippen molar-refractivity contribution in [1.82, 2.24) is 10.6 Å². The van der Waals surface area contributed by atoms with Crippen LogP contribution in [0.4, 0.5) is 10.1 Å². The van der Waals surface area contributed by atoms with Crippen molar-refractivity contribution in [2.24, 2.45) is 0 Å². The Balaban J connectivity index is 1.95. The third-order valence-electron chi connectivity index (χ3n) is 4.50. The Bertz CT molecular complexity index is 990. The van der Waals surface area contributed by atoms with E-state index in [-0.39, 0.29) is 17.8 Å². The highest BCUT2D eigenvalue weighted by molar-refractivity contribution is 7.80. The molecule has 2 aromatic rings. The van der Waals surface area contributed by atoms with Gasteiger partial charge in [0.25, 0.3) is 5.91 Å². The number of allylic oxidation sites excluding steroid dienone is 1. The molecule has 3 N–H and O–H groups in total. The molecular formula is C22H24FN3O3S. The van der Waals surface area contributed by atoms with E-state index in [9.17, 15) is 9.18 Å². The predicted octanol–water partition coefficient (Wildman–Crippen LogP) is 4.05. The molecule has 8 heteroatoms. The van der Waals surface area contributed by atoms with E-state index in [0.29, 0.717) is 33.6 Å². The molecule has 0 spiro atoms. The molecule has 1 heterocycles. The number of hydrogen-bond donors (Lipinski definition) is 3. The summed E-state index contributed by atoms with van der Waals surface area (Å²) < 4.78 is 24.4. The van der Waals surface area contributed by atoms with Gasteiger partial charge in [0.1, 0.15) is 5.82 Å². The fraction of sp³-hybridized carbons (Fsp3) is 0.273. The van der Waals surface area contributed by atoms with Crippen molar-refractivity contribution >= 4 is 28.9 Å². The lowest BCUT2D eigenvalue weighted by atomic mass is 9.94. The molecule has 6 nitrogen and oxygen atoms in total. The Labute approximate surface area is 180 Å². The fourth-order valence-corrected chi connectivity index (χ4v) is 3.46. The number of ether oxygens (including phenoxy) is 2. The lowest BCUT2D eigenvalue weighted by Crippen LogP contribution is -2.45. The van der Waals surface area contributed by atoms with E-state index >= 15 is 0 Å². The first-order chi connectivity index (χ1) is 14.3. The molecule has 3 rings (SSSR count). The Morgan fingerprint density at radius 1 is 1.17 bits per heavy atom. The fourth-order valence-electron chi connectivity index (χ4n) is 3.19. The molecule has 1 amide bonds. The summed E-state index contributed by atoms with van der Waals surface area (Å²) in [6.07, 6.45) is -0.00600. The molecule has 30 heavy (non-hydrogen) atoms. The van der Waals surface area contributed by atoms with Gasteiger partial charge in [-0.1, -0.05) is 6.07 Å². The van der Waals surface area contributed by atoms with E-state index in [1.807, 2.05) is 32.0 Å². The van der Waals surface area contributed by atoms with Crippen LogP contribution in [0.25, 0.3) is 0 Å². The molecule has 0 saturated carbocycles. The SMILES string of the molecule is COc1cc(C2NC(=S)NC(C)=C2C(=O)Nc2ccc(F)cc2)ccc1OC(C)C. The van der Waals surface area contributed by atoms with E-state index in [1.54, 1.807) is 14.0 Å². The molecular weight excluding hydrogens is 405 g/mol. The van der Waals surface area contributed by atoms with Gasteiger partial charge in [0.05, 0.1) is 24.8 Å². The number of amides is 1. The number of carbonyl (C=O) groups is 1. The summed E-state index contributed by atoms with van der Waals surface area (Å²) in [5, 5.41) is 9.36. The van der Waals surface area contributed by atoms with Crippen LogP contribution < -0.4 is 25.4 Å². The number of anilines is 1. The molecule has 1 atom stereocenters. The molecule has 0 fully saturated rings. The number of nitrogens with one attached hydrogen (secondary N) is 3. The molecule has 2 aromatic carbocycles. The summed E-state index contributed by atoms with van der Waals surface area (Å²) in [7, 11) is 1.57.